The Morgan fingerprint density at radius 3 is 2.74 bits per heavy atom. The minimum absolute atomic E-state index is 0.144. The number of hydrogen-bond acceptors (Lipinski definition) is 4. The third kappa shape index (κ3) is 3.73. The molecule has 1 heterocycles. The molecule has 118 valence electrons. The van der Waals surface area contributed by atoms with Gasteiger partial charge in [-0.05, 0) is 24.6 Å². The van der Waals surface area contributed by atoms with Crippen LogP contribution in [-0.2, 0) is 16.1 Å². The number of halogens is 2. The first-order valence-corrected chi connectivity index (χ1v) is 7.40. The van der Waals surface area contributed by atoms with Crippen LogP contribution in [0, 0.1) is 18.3 Å². The molecule has 2 aromatic rings. The predicted octanol–water partition coefficient (Wildman–Crippen LogP) is 3.63. The van der Waals surface area contributed by atoms with E-state index in [1.54, 1.807) is 23.7 Å². The number of aryl methyl sites for hydroxylation is 1. The molecule has 0 bridgehead atoms. The number of ether oxygens (including phenoxy) is 1. The number of hydrogen-bond donors (Lipinski definition) is 0. The van der Waals surface area contributed by atoms with Crippen LogP contribution in [-0.4, -0.2) is 22.9 Å². The van der Waals surface area contributed by atoms with Gasteiger partial charge in [-0.25, -0.2) is 9.48 Å². The quantitative estimate of drug-likeness (QED) is 0.480. The number of nitriles is 1. The second-order valence-electron chi connectivity index (χ2n) is 4.70. The standard InChI is InChI=1S/C16H13Cl2N3O2/c1-10-13(7-12(8-19)16(22)23-2)15(18)21(20-10)9-11-5-3-4-6-14(11)17/h3-7H,9H2,1-2H3/b12-7+. The van der Waals surface area contributed by atoms with Gasteiger partial charge in [0.1, 0.15) is 16.8 Å². The van der Waals surface area contributed by atoms with Crippen molar-refractivity contribution in [3.8, 4) is 6.07 Å². The molecule has 0 fully saturated rings. The van der Waals surface area contributed by atoms with Crippen molar-refractivity contribution in [2.24, 2.45) is 0 Å². The van der Waals surface area contributed by atoms with E-state index in [0.29, 0.717) is 28.0 Å². The van der Waals surface area contributed by atoms with Gasteiger partial charge in [0.15, 0.2) is 0 Å². The van der Waals surface area contributed by atoms with Crippen molar-refractivity contribution in [1.82, 2.24) is 9.78 Å². The lowest BCUT2D eigenvalue weighted by molar-refractivity contribution is -0.135. The minimum Gasteiger partial charge on any atom is -0.465 e. The minimum atomic E-state index is -0.721. The Bertz CT molecular complexity index is 819. The van der Waals surface area contributed by atoms with Crippen molar-refractivity contribution in [2.45, 2.75) is 13.5 Å². The molecule has 0 aliphatic carbocycles. The van der Waals surface area contributed by atoms with Gasteiger partial charge in [0.25, 0.3) is 0 Å². The maximum absolute atomic E-state index is 11.5. The van der Waals surface area contributed by atoms with Crippen molar-refractivity contribution < 1.29 is 9.53 Å². The summed E-state index contributed by atoms with van der Waals surface area (Å²) in [5.74, 6) is -0.721. The fourth-order valence-electron chi connectivity index (χ4n) is 2.02. The Hall–Kier alpha value is -2.29. The fraction of sp³-hybridized carbons (Fsp3) is 0.188. The van der Waals surface area contributed by atoms with E-state index >= 15 is 0 Å². The SMILES string of the molecule is COC(=O)/C(C#N)=C/c1c(C)nn(Cc2ccccc2Cl)c1Cl. The molecule has 0 unspecified atom stereocenters. The topological polar surface area (TPSA) is 67.9 Å². The normalized spacial score (nSPS) is 11.2. The highest BCUT2D eigenvalue weighted by atomic mass is 35.5. The van der Waals surface area contributed by atoms with Gasteiger partial charge >= 0.3 is 5.97 Å². The van der Waals surface area contributed by atoms with Crippen molar-refractivity contribution >= 4 is 35.2 Å². The summed E-state index contributed by atoms with van der Waals surface area (Å²) < 4.78 is 6.12. The highest BCUT2D eigenvalue weighted by molar-refractivity contribution is 6.32. The van der Waals surface area contributed by atoms with Crippen LogP contribution in [0.15, 0.2) is 29.8 Å². The van der Waals surface area contributed by atoms with Crippen molar-refractivity contribution in [2.75, 3.05) is 7.11 Å². The molecule has 23 heavy (non-hydrogen) atoms. The molecule has 1 aromatic heterocycles. The van der Waals surface area contributed by atoms with E-state index < -0.39 is 5.97 Å². The Kier molecular flexibility index (Phi) is 5.43. The van der Waals surface area contributed by atoms with Gasteiger partial charge in [0, 0.05) is 10.6 Å². The number of aromatic nitrogens is 2. The lowest BCUT2D eigenvalue weighted by Crippen LogP contribution is -2.03. The van der Waals surface area contributed by atoms with Crippen molar-refractivity contribution in [3.05, 3.63) is 56.8 Å². The number of benzene rings is 1. The second-order valence-corrected chi connectivity index (χ2v) is 5.47. The van der Waals surface area contributed by atoms with Crippen LogP contribution in [0.5, 0.6) is 0 Å². The van der Waals surface area contributed by atoms with Crippen molar-refractivity contribution in [3.63, 3.8) is 0 Å². The van der Waals surface area contributed by atoms with E-state index in [2.05, 4.69) is 9.84 Å². The van der Waals surface area contributed by atoms with Gasteiger partial charge in [-0.3, -0.25) is 0 Å². The summed E-state index contributed by atoms with van der Waals surface area (Å²) in [5.41, 5.74) is 1.82. The molecule has 2 rings (SSSR count). The van der Waals surface area contributed by atoms with E-state index in [0.717, 1.165) is 5.56 Å². The zero-order chi connectivity index (χ0) is 17.0. The summed E-state index contributed by atoms with van der Waals surface area (Å²) in [6.07, 6.45) is 1.37. The fourth-order valence-corrected chi connectivity index (χ4v) is 2.50. The monoisotopic (exact) mass is 349 g/mol. The molecular formula is C16H13Cl2N3O2. The van der Waals surface area contributed by atoms with Gasteiger partial charge in [-0.15, -0.1) is 0 Å². The van der Waals surface area contributed by atoms with E-state index in [4.69, 9.17) is 28.5 Å². The lowest BCUT2D eigenvalue weighted by Gasteiger charge is -2.05. The molecule has 0 saturated carbocycles. The summed E-state index contributed by atoms with van der Waals surface area (Å²) in [6, 6.07) is 9.16. The molecule has 5 nitrogen and oxygen atoms in total. The van der Waals surface area contributed by atoms with Gasteiger partial charge in [-0.2, -0.15) is 10.4 Å². The predicted molar refractivity (Wildman–Crippen MR) is 88.1 cm³/mol. The Balaban J connectivity index is 2.41. The van der Waals surface area contributed by atoms with Crippen LogP contribution < -0.4 is 0 Å². The summed E-state index contributed by atoms with van der Waals surface area (Å²) >= 11 is 12.5. The molecule has 0 N–H and O–H groups in total. The highest BCUT2D eigenvalue weighted by Crippen LogP contribution is 2.25. The maximum Gasteiger partial charge on any atom is 0.348 e. The maximum atomic E-state index is 11.5. The first kappa shape index (κ1) is 17.1. The Morgan fingerprint density at radius 2 is 2.13 bits per heavy atom. The van der Waals surface area contributed by atoms with Crippen LogP contribution in [0.4, 0.5) is 0 Å². The number of carbonyl (C=O) groups is 1. The molecule has 0 aliphatic heterocycles. The summed E-state index contributed by atoms with van der Waals surface area (Å²) in [4.78, 5) is 11.5. The van der Waals surface area contributed by atoms with Crippen LogP contribution in [0.1, 0.15) is 16.8 Å². The van der Waals surface area contributed by atoms with Crippen LogP contribution in [0.25, 0.3) is 6.08 Å². The number of methoxy groups -OCH3 is 1. The zero-order valence-corrected chi connectivity index (χ0v) is 14.0. The smallest absolute Gasteiger partial charge is 0.348 e. The average Bonchev–Trinajstić information content (AvgIpc) is 2.80. The van der Waals surface area contributed by atoms with Gasteiger partial charge in [0.05, 0.1) is 19.3 Å². The molecular weight excluding hydrogens is 337 g/mol. The largest absolute Gasteiger partial charge is 0.465 e. The second kappa shape index (κ2) is 7.32. The summed E-state index contributed by atoms with van der Waals surface area (Å²) in [5, 5.41) is 14.3. The Morgan fingerprint density at radius 1 is 1.43 bits per heavy atom. The van der Waals surface area contributed by atoms with Crippen molar-refractivity contribution in [1.29, 1.82) is 5.26 Å². The summed E-state index contributed by atoms with van der Waals surface area (Å²) in [7, 11) is 1.21. The first-order valence-electron chi connectivity index (χ1n) is 6.64. The van der Waals surface area contributed by atoms with E-state index in [-0.39, 0.29) is 5.57 Å². The Labute approximate surface area is 143 Å². The summed E-state index contributed by atoms with van der Waals surface area (Å²) in [6.45, 7) is 2.13. The molecule has 1 aromatic carbocycles. The van der Waals surface area contributed by atoms with Crippen LogP contribution in [0.2, 0.25) is 10.2 Å². The van der Waals surface area contributed by atoms with Crippen LogP contribution >= 0.6 is 23.2 Å². The zero-order valence-electron chi connectivity index (χ0n) is 12.5. The van der Waals surface area contributed by atoms with E-state index in [1.807, 2.05) is 18.2 Å². The molecule has 0 saturated heterocycles. The van der Waals surface area contributed by atoms with Gasteiger partial charge in [0.2, 0.25) is 0 Å². The molecule has 0 atom stereocenters. The van der Waals surface area contributed by atoms with E-state index in [9.17, 15) is 4.79 Å². The van der Waals surface area contributed by atoms with Crippen LogP contribution in [0.3, 0.4) is 0 Å². The molecule has 0 radical (unpaired) electrons. The van der Waals surface area contributed by atoms with Gasteiger partial charge < -0.3 is 4.74 Å². The molecule has 7 heteroatoms. The number of rotatable bonds is 4. The number of carbonyl (C=O) groups excluding carboxylic acids is 1. The number of esters is 1. The third-order valence-electron chi connectivity index (χ3n) is 3.20. The number of nitrogens with zero attached hydrogens (tertiary/aromatic N) is 3. The highest BCUT2D eigenvalue weighted by Gasteiger charge is 2.16. The van der Waals surface area contributed by atoms with E-state index in [1.165, 1.54) is 13.2 Å². The lowest BCUT2D eigenvalue weighted by atomic mass is 10.1. The molecule has 0 amide bonds. The molecule has 0 spiro atoms. The molecule has 0 aliphatic rings. The average molecular weight is 350 g/mol. The third-order valence-corrected chi connectivity index (χ3v) is 3.97. The first-order chi connectivity index (χ1) is 11.0. The van der Waals surface area contributed by atoms with Gasteiger partial charge in [-0.1, -0.05) is 41.4 Å².